The van der Waals surface area contributed by atoms with Gasteiger partial charge in [0.15, 0.2) is 0 Å². The van der Waals surface area contributed by atoms with Gasteiger partial charge >= 0.3 is 114 Å². The molecule has 1 saturated heterocycles. The maximum atomic E-state index is 12.0. The van der Waals surface area contributed by atoms with E-state index in [0.717, 1.165) is 13.0 Å². The Hall–Kier alpha value is -0.511. The van der Waals surface area contributed by atoms with Gasteiger partial charge in [0.25, 0.3) is 0 Å². The van der Waals surface area contributed by atoms with E-state index in [-0.39, 0.29) is 5.92 Å². The molecule has 2 rings (SSSR count). The molecule has 98 valence electrons. The van der Waals surface area contributed by atoms with Crippen LogP contribution in [0.25, 0.3) is 0 Å². The Morgan fingerprint density at radius 2 is 1.89 bits per heavy atom. The van der Waals surface area contributed by atoms with Crippen molar-refractivity contribution in [3.8, 4) is 0 Å². The van der Waals surface area contributed by atoms with Crippen LogP contribution in [0, 0.1) is 11.8 Å². The summed E-state index contributed by atoms with van der Waals surface area (Å²) in [7, 11) is 0. The summed E-state index contributed by atoms with van der Waals surface area (Å²) in [6, 6.07) is 10.5. The van der Waals surface area contributed by atoms with Gasteiger partial charge in [-0.3, -0.25) is 0 Å². The summed E-state index contributed by atoms with van der Waals surface area (Å²) in [5.74, 6) is 1.05. The van der Waals surface area contributed by atoms with Crippen LogP contribution in [0.4, 0.5) is 0 Å². The van der Waals surface area contributed by atoms with E-state index in [1.165, 1.54) is 10.0 Å². The molecule has 0 spiro atoms. The Morgan fingerprint density at radius 1 is 1.22 bits per heavy atom. The average Bonchev–Trinajstić information content (AvgIpc) is 2.61. The van der Waals surface area contributed by atoms with Crippen molar-refractivity contribution < 1.29 is 4.79 Å². The molecule has 0 unspecified atom stereocenters. The van der Waals surface area contributed by atoms with Gasteiger partial charge in [0.05, 0.1) is 0 Å². The van der Waals surface area contributed by atoms with Gasteiger partial charge in [0, 0.05) is 0 Å². The van der Waals surface area contributed by atoms with Crippen molar-refractivity contribution in [2.75, 3.05) is 6.54 Å². The van der Waals surface area contributed by atoms with Crippen molar-refractivity contribution in [1.29, 1.82) is 0 Å². The zero-order valence-corrected chi connectivity index (χ0v) is 14.4. The molecule has 1 N–H and O–H groups in total. The van der Waals surface area contributed by atoms with Crippen LogP contribution in [0.15, 0.2) is 30.3 Å². The van der Waals surface area contributed by atoms with E-state index in [9.17, 15) is 4.79 Å². The molecular weight excluding hydrogens is 329 g/mol. The Bertz CT molecular complexity index is 410. The molecule has 2 atom stereocenters. The van der Waals surface area contributed by atoms with E-state index in [1.54, 1.807) is 0 Å². The van der Waals surface area contributed by atoms with Gasteiger partial charge in [-0.05, 0) is 0 Å². The maximum absolute atomic E-state index is 12.0. The molecule has 0 aromatic heterocycles. The first-order valence-electron chi connectivity index (χ1n) is 6.77. The van der Waals surface area contributed by atoms with E-state index in [2.05, 4.69) is 44.4 Å². The third-order valence-corrected chi connectivity index (χ3v) is 8.37. The van der Waals surface area contributed by atoms with Gasteiger partial charge in [0.2, 0.25) is 0 Å². The molecule has 0 aliphatic carbocycles. The molecule has 1 aromatic rings. The second-order valence-electron chi connectivity index (χ2n) is 6.57. The molecule has 3 heteroatoms. The van der Waals surface area contributed by atoms with Crippen LogP contribution < -0.4 is 5.32 Å². The van der Waals surface area contributed by atoms with E-state index in [1.807, 2.05) is 6.07 Å². The molecule has 1 aromatic carbocycles. The first-order valence-corrected chi connectivity index (χ1v) is 17.4. The third kappa shape index (κ3) is 3.74. The number of rotatable bonds is 4. The summed E-state index contributed by atoms with van der Waals surface area (Å²) in [5, 5.41) is 3.06. The first-order chi connectivity index (χ1) is 8.46. The molecule has 1 aliphatic heterocycles. The van der Waals surface area contributed by atoms with Gasteiger partial charge in [0.1, 0.15) is 0 Å². The number of amides is 1. The number of carbonyl (C=O) groups excluding carboxylic acids is 1. The van der Waals surface area contributed by atoms with E-state index in [4.69, 9.17) is 0 Å². The molecule has 0 bridgehead atoms. The molecule has 2 nitrogen and oxygen atoms in total. The van der Waals surface area contributed by atoms with Crippen LogP contribution in [0.3, 0.4) is 0 Å². The topological polar surface area (TPSA) is 29.1 Å². The summed E-state index contributed by atoms with van der Waals surface area (Å²) in [6.45, 7) is 0.861. The molecule has 0 saturated carbocycles. The van der Waals surface area contributed by atoms with Gasteiger partial charge in [-0.25, -0.2) is 0 Å². The zero-order chi connectivity index (χ0) is 13.2. The minimum atomic E-state index is -1.90. The number of hydrogen-bond donors (Lipinski definition) is 1. The van der Waals surface area contributed by atoms with Crippen LogP contribution in [-0.4, -0.2) is 30.8 Å². The SMILES string of the molecule is [CH3][Sn]([CH3])([CH3])[CH2][C@@H]1C(=O)NC[C@H]1Cc1ccccc1. The van der Waals surface area contributed by atoms with Crippen molar-refractivity contribution in [2.24, 2.45) is 11.8 Å². The van der Waals surface area contributed by atoms with Gasteiger partial charge in [-0.1, -0.05) is 0 Å². The molecule has 1 amide bonds. The van der Waals surface area contributed by atoms with Crippen molar-refractivity contribution in [3.63, 3.8) is 0 Å². The second-order valence-corrected chi connectivity index (χ2v) is 22.3. The quantitative estimate of drug-likeness (QED) is 0.830. The van der Waals surface area contributed by atoms with Crippen LogP contribution in [0.2, 0.25) is 19.3 Å². The van der Waals surface area contributed by atoms with Gasteiger partial charge in [-0.2, -0.15) is 0 Å². The third-order valence-electron chi connectivity index (χ3n) is 3.62. The Kier molecular flexibility index (Phi) is 4.36. The van der Waals surface area contributed by atoms with Crippen molar-refractivity contribution in [2.45, 2.75) is 25.7 Å². The predicted octanol–water partition coefficient (Wildman–Crippen LogP) is 2.93. The Labute approximate surface area is 114 Å². The van der Waals surface area contributed by atoms with Crippen molar-refractivity contribution >= 4 is 24.3 Å². The molecule has 1 heterocycles. The second kappa shape index (κ2) is 5.64. The molecule has 18 heavy (non-hydrogen) atoms. The van der Waals surface area contributed by atoms with E-state index in [0.29, 0.717) is 11.8 Å². The zero-order valence-electron chi connectivity index (χ0n) is 11.6. The molecule has 1 fully saturated rings. The van der Waals surface area contributed by atoms with Crippen LogP contribution >= 0.6 is 0 Å². The van der Waals surface area contributed by atoms with Gasteiger partial charge < -0.3 is 0 Å². The van der Waals surface area contributed by atoms with Crippen LogP contribution in [0.5, 0.6) is 0 Å². The number of benzene rings is 1. The van der Waals surface area contributed by atoms with Gasteiger partial charge in [-0.15, -0.1) is 0 Å². The molecular formula is C15H23NOSn. The summed E-state index contributed by atoms with van der Waals surface area (Å²) < 4.78 is 1.18. The predicted molar refractivity (Wildman–Crippen MR) is 78.3 cm³/mol. The first kappa shape index (κ1) is 13.9. The van der Waals surface area contributed by atoms with Crippen molar-refractivity contribution in [3.05, 3.63) is 35.9 Å². The molecule has 1 aliphatic rings. The van der Waals surface area contributed by atoms with E-state index >= 15 is 0 Å². The minimum absolute atomic E-state index is 0.265. The van der Waals surface area contributed by atoms with E-state index < -0.39 is 18.4 Å². The average molecular weight is 352 g/mol. The Morgan fingerprint density at radius 3 is 2.50 bits per heavy atom. The fourth-order valence-electron chi connectivity index (χ4n) is 2.77. The summed E-state index contributed by atoms with van der Waals surface area (Å²) in [6.07, 6.45) is 1.03. The fourth-order valence-corrected chi connectivity index (χ4v) is 8.02. The Balaban J connectivity index is 2.05. The monoisotopic (exact) mass is 353 g/mol. The summed E-state index contributed by atoms with van der Waals surface area (Å²) >= 11 is -1.90. The normalized spacial score (nSPS) is 24.1. The molecule has 0 radical (unpaired) electrons. The summed E-state index contributed by atoms with van der Waals surface area (Å²) in [4.78, 5) is 19.2. The fraction of sp³-hybridized carbons (Fsp3) is 0.533. The number of hydrogen-bond acceptors (Lipinski definition) is 1. The van der Waals surface area contributed by atoms with Crippen LogP contribution in [-0.2, 0) is 11.2 Å². The van der Waals surface area contributed by atoms with Crippen LogP contribution in [0.1, 0.15) is 5.56 Å². The van der Waals surface area contributed by atoms with Crippen molar-refractivity contribution in [1.82, 2.24) is 5.32 Å². The number of nitrogens with one attached hydrogen (secondary N) is 1. The summed E-state index contributed by atoms with van der Waals surface area (Å²) in [5.41, 5.74) is 1.35. The standard InChI is InChI=1S/C12H14NO.3CH3.Sn/c1-9-11(8-13-12(9)14)7-10-5-3-2-4-6-10;;;;/h2-6,9,11H,1,7-8H2,(H,13,14);3*1H3;/t9-,11+;;;;/m0..../s1. The number of carbonyl (C=O) groups is 1.